The molecular weight excluding hydrogens is 649 g/mol. The highest BCUT2D eigenvalue weighted by Crippen LogP contribution is 2.56. The summed E-state index contributed by atoms with van der Waals surface area (Å²) in [5, 5.41) is 4.89. The lowest BCUT2D eigenvalue weighted by Gasteiger charge is -2.34. The van der Waals surface area contributed by atoms with Crippen molar-refractivity contribution in [1.82, 2.24) is 9.97 Å². The maximum atomic E-state index is 5.42. The predicted octanol–water partition coefficient (Wildman–Crippen LogP) is 12.8. The fourth-order valence-corrected chi connectivity index (χ4v) is 9.74. The van der Waals surface area contributed by atoms with Crippen molar-refractivity contribution >= 4 is 53.3 Å². The van der Waals surface area contributed by atoms with E-state index in [0.717, 1.165) is 44.3 Å². The number of nitrogens with zero attached hydrogens (tertiary/aromatic N) is 2. The summed E-state index contributed by atoms with van der Waals surface area (Å²) in [7, 11) is 0. The first-order valence-corrected chi connectivity index (χ1v) is 18.6. The van der Waals surface area contributed by atoms with E-state index in [9.17, 15) is 0 Å². The Kier molecular flexibility index (Phi) is 6.37. The van der Waals surface area contributed by atoms with Crippen LogP contribution in [0.3, 0.4) is 0 Å². The van der Waals surface area contributed by atoms with E-state index in [-0.39, 0.29) is 0 Å². The summed E-state index contributed by atoms with van der Waals surface area (Å²) in [6.07, 6.45) is 0. The maximum absolute atomic E-state index is 5.42. The van der Waals surface area contributed by atoms with Gasteiger partial charge in [-0.25, -0.2) is 9.97 Å². The largest absolute Gasteiger partial charge is 0.244 e. The van der Waals surface area contributed by atoms with Gasteiger partial charge in [-0.3, -0.25) is 0 Å². The van der Waals surface area contributed by atoms with Crippen LogP contribution in [0.15, 0.2) is 182 Å². The third-order valence-electron chi connectivity index (χ3n) is 11.0. The van der Waals surface area contributed by atoms with Crippen molar-refractivity contribution in [2.24, 2.45) is 0 Å². The SMILES string of the molecule is c1ccc(-c2nc3ccc4ccccc4c3nc2-c2ccc(C3(c4ccc5sc6ccccc6c5c4)c4ccccc4-c4ccccc43)cc2)cc1. The normalized spacial score (nSPS) is 13.2. The molecule has 8 aromatic carbocycles. The molecule has 0 bridgehead atoms. The van der Waals surface area contributed by atoms with Crippen LogP contribution in [0.4, 0.5) is 0 Å². The number of thiophene rings is 1. The third-order valence-corrected chi connectivity index (χ3v) is 12.1. The third kappa shape index (κ3) is 4.17. The molecule has 0 fully saturated rings. The van der Waals surface area contributed by atoms with E-state index in [1.807, 2.05) is 17.4 Å². The van der Waals surface area contributed by atoms with E-state index in [1.54, 1.807) is 0 Å². The van der Waals surface area contributed by atoms with E-state index in [0.29, 0.717) is 0 Å². The molecule has 0 unspecified atom stereocenters. The molecule has 0 spiro atoms. The van der Waals surface area contributed by atoms with Gasteiger partial charge >= 0.3 is 0 Å². The molecule has 10 aromatic rings. The summed E-state index contributed by atoms with van der Waals surface area (Å²) < 4.78 is 2.63. The zero-order chi connectivity index (χ0) is 34.2. The zero-order valence-corrected chi connectivity index (χ0v) is 28.9. The lowest BCUT2D eigenvalue weighted by atomic mass is 9.67. The second-order valence-corrected chi connectivity index (χ2v) is 14.8. The Hall–Kier alpha value is -6.42. The van der Waals surface area contributed by atoms with Gasteiger partial charge in [-0.1, -0.05) is 158 Å². The molecule has 11 rings (SSSR count). The first-order chi connectivity index (χ1) is 25.8. The first-order valence-electron chi connectivity index (χ1n) is 17.7. The monoisotopic (exact) mass is 678 g/mol. The molecule has 0 saturated carbocycles. The van der Waals surface area contributed by atoms with Crippen LogP contribution in [0, 0.1) is 0 Å². The quantitative estimate of drug-likeness (QED) is 0.173. The molecule has 2 aromatic heterocycles. The van der Waals surface area contributed by atoms with Crippen LogP contribution in [0.1, 0.15) is 22.3 Å². The second kappa shape index (κ2) is 11.3. The highest BCUT2D eigenvalue weighted by atomic mass is 32.1. The molecule has 0 aliphatic heterocycles. The fraction of sp³-hybridized carbons (Fsp3) is 0.0204. The van der Waals surface area contributed by atoms with Gasteiger partial charge in [0.05, 0.1) is 27.8 Å². The smallest absolute Gasteiger partial charge is 0.0973 e. The van der Waals surface area contributed by atoms with Gasteiger partial charge in [0, 0.05) is 36.7 Å². The van der Waals surface area contributed by atoms with Crippen molar-refractivity contribution in [2.45, 2.75) is 5.41 Å². The molecular formula is C49H30N2S. The van der Waals surface area contributed by atoms with Crippen LogP contribution in [0.2, 0.25) is 0 Å². The predicted molar refractivity (Wildman–Crippen MR) is 218 cm³/mol. The summed E-state index contributed by atoms with van der Waals surface area (Å²) in [5.41, 5.74) is 12.9. The molecule has 0 radical (unpaired) electrons. The lowest BCUT2D eigenvalue weighted by Crippen LogP contribution is -2.28. The van der Waals surface area contributed by atoms with E-state index >= 15 is 0 Å². The maximum Gasteiger partial charge on any atom is 0.0973 e. The van der Waals surface area contributed by atoms with E-state index < -0.39 is 5.41 Å². The van der Waals surface area contributed by atoms with Gasteiger partial charge in [0.25, 0.3) is 0 Å². The average Bonchev–Trinajstić information content (AvgIpc) is 3.74. The van der Waals surface area contributed by atoms with Crippen LogP contribution in [-0.4, -0.2) is 9.97 Å². The molecule has 0 atom stereocenters. The number of fused-ring (bicyclic) bond motifs is 9. The molecule has 1 aliphatic rings. The van der Waals surface area contributed by atoms with Gasteiger partial charge in [0.15, 0.2) is 0 Å². The Balaban J connectivity index is 1.17. The molecule has 1 aliphatic carbocycles. The summed E-state index contributed by atoms with van der Waals surface area (Å²) in [6, 6.07) is 66.1. The van der Waals surface area contributed by atoms with Gasteiger partial charge in [0.2, 0.25) is 0 Å². The molecule has 2 heterocycles. The van der Waals surface area contributed by atoms with Crippen LogP contribution >= 0.6 is 11.3 Å². The lowest BCUT2D eigenvalue weighted by molar-refractivity contribution is 0.770. The number of hydrogen-bond donors (Lipinski definition) is 0. The Morgan fingerprint density at radius 3 is 1.79 bits per heavy atom. The summed E-state index contributed by atoms with van der Waals surface area (Å²) >= 11 is 1.87. The van der Waals surface area contributed by atoms with Crippen molar-refractivity contribution in [3.05, 3.63) is 204 Å². The van der Waals surface area contributed by atoms with Gasteiger partial charge in [-0.2, -0.15) is 0 Å². The van der Waals surface area contributed by atoms with Gasteiger partial charge in [-0.05, 0) is 63.0 Å². The van der Waals surface area contributed by atoms with E-state index in [1.165, 1.54) is 53.6 Å². The zero-order valence-electron chi connectivity index (χ0n) is 28.1. The number of hydrogen-bond acceptors (Lipinski definition) is 3. The van der Waals surface area contributed by atoms with Crippen molar-refractivity contribution in [3.63, 3.8) is 0 Å². The Bertz CT molecular complexity index is 2970. The van der Waals surface area contributed by atoms with Crippen LogP contribution in [0.5, 0.6) is 0 Å². The van der Waals surface area contributed by atoms with Crippen molar-refractivity contribution < 1.29 is 0 Å². The van der Waals surface area contributed by atoms with Crippen molar-refractivity contribution in [1.29, 1.82) is 0 Å². The van der Waals surface area contributed by atoms with Crippen LogP contribution in [0.25, 0.3) is 75.6 Å². The topological polar surface area (TPSA) is 25.8 Å². The summed E-state index contributed by atoms with van der Waals surface area (Å²) in [6.45, 7) is 0. The summed E-state index contributed by atoms with van der Waals surface area (Å²) in [4.78, 5) is 10.7. The highest BCUT2D eigenvalue weighted by Gasteiger charge is 2.46. The van der Waals surface area contributed by atoms with Crippen LogP contribution in [-0.2, 0) is 5.41 Å². The van der Waals surface area contributed by atoms with Gasteiger partial charge in [-0.15, -0.1) is 11.3 Å². The average molecular weight is 679 g/mol. The van der Waals surface area contributed by atoms with Crippen LogP contribution < -0.4 is 0 Å². The fourth-order valence-electron chi connectivity index (χ4n) is 8.65. The molecule has 0 N–H and O–H groups in total. The van der Waals surface area contributed by atoms with E-state index in [4.69, 9.17) is 9.97 Å². The standard InChI is InChI=1S/C49H30N2S/c1-2-13-32(14-3-1)46-47(51-48-36-15-5-4-12-31(36)24-28-43(48)50-46)33-22-25-34(26-23-33)49(41-19-9-6-16-37(41)38-17-7-10-20-42(38)49)35-27-29-45-40(30-35)39-18-8-11-21-44(39)52-45/h1-30H. The Labute approximate surface area is 305 Å². The van der Waals surface area contributed by atoms with Crippen molar-refractivity contribution in [2.75, 3.05) is 0 Å². The molecule has 0 amide bonds. The highest BCUT2D eigenvalue weighted by molar-refractivity contribution is 7.25. The second-order valence-electron chi connectivity index (χ2n) is 13.7. The minimum absolute atomic E-state index is 0.503. The molecule has 0 saturated heterocycles. The summed E-state index contributed by atoms with van der Waals surface area (Å²) in [5.74, 6) is 0. The van der Waals surface area contributed by atoms with Crippen molar-refractivity contribution in [3.8, 4) is 33.6 Å². The Morgan fingerprint density at radius 2 is 1.00 bits per heavy atom. The minimum Gasteiger partial charge on any atom is -0.244 e. The Morgan fingerprint density at radius 1 is 0.404 bits per heavy atom. The number of aromatic nitrogens is 2. The first kappa shape index (κ1) is 29.3. The van der Waals surface area contributed by atoms with E-state index in [2.05, 4.69) is 176 Å². The minimum atomic E-state index is -0.503. The molecule has 2 nitrogen and oxygen atoms in total. The number of rotatable bonds is 4. The molecule has 242 valence electrons. The molecule has 52 heavy (non-hydrogen) atoms. The van der Waals surface area contributed by atoms with Gasteiger partial charge < -0.3 is 0 Å². The number of benzene rings is 8. The molecule has 3 heteroatoms. The van der Waals surface area contributed by atoms with Gasteiger partial charge in [0.1, 0.15) is 0 Å².